The second kappa shape index (κ2) is 15.5. The van der Waals surface area contributed by atoms with Gasteiger partial charge in [0.25, 0.3) is 5.91 Å². The van der Waals surface area contributed by atoms with Gasteiger partial charge in [0.2, 0.25) is 17.6 Å². The number of ketones is 1. The van der Waals surface area contributed by atoms with Crippen molar-refractivity contribution in [2.24, 2.45) is 34.0 Å². The summed E-state index contributed by atoms with van der Waals surface area (Å²) in [6.07, 6.45) is 3.72. The third-order valence-corrected chi connectivity index (χ3v) is 10.1. The first-order valence-electron chi connectivity index (χ1n) is 18.3. The first-order valence-corrected chi connectivity index (χ1v) is 18.3. The van der Waals surface area contributed by atoms with Crippen molar-refractivity contribution in [1.29, 1.82) is 0 Å². The molecule has 1 saturated heterocycles. The van der Waals surface area contributed by atoms with Crippen LogP contribution in [0.2, 0.25) is 0 Å². The van der Waals surface area contributed by atoms with Crippen molar-refractivity contribution in [2.45, 2.75) is 132 Å². The van der Waals surface area contributed by atoms with Gasteiger partial charge in [-0.1, -0.05) is 74.3 Å². The molecule has 0 aromatic heterocycles. The van der Waals surface area contributed by atoms with Gasteiger partial charge in [0, 0.05) is 32.7 Å². The highest BCUT2D eigenvalue weighted by Gasteiger charge is 2.70. The molecule has 51 heavy (non-hydrogen) atoms. The van der Waals surface area contributed by atoms with Crippen molar-refractivity contribution in [1.82, 2.24) is 31.1 Å². The van der Waals surface area contributed by atoms with Crippen molar-refractivity contribution in [3.05, 3.63) is 12.7 Å². The van der Waals surface area contributed by atoms with E-state index in [4.69, 9.17) is 4.74 Å². The minimum atomic E-state index is -1.01. The second-order valence-corrected chi connectivity index (χ2v) is 18.7. The third kappa shape index (κ3) is 11.4. The summed E-state index contributed by atoms with van der Waals surface area (Å²) < 4.78 is 5.51. The SMILES string of the molecule is C=CCNC(=O)C(=O)C(CC1CC1)NC(=O)[C@@H]1[C@@H]2[C@H](CN1C(=O)[C@@H](NC(=O)N[C@H](CN(C)C(=O)OC(C)(C)C)CC(C)(C)C)C(C)(C)C)C2(C)C. The summed E-state index contributed by atoms with van der Waals surface area (Å²) in [5.41, 5.74) is -1.80. The molecule has 13 heteroatoms. The zero-order chi connectivity index (χ0) is 38.9. The van der Waals surface area contributed by atoms with Gasteiger partial charge in [-0.05, 0) is 67.6 Å². The minimum Gasteiger partial charge on any atom is -0.444 e. The molecule has 288 valence electrons. The number of nitrogens with zero attached hydrogens (tertiary/aromatic N) is 2. The Bertz CT molecular complexity index is 1350. The highest BCUT2D eigenvalue weighted by molar-refractivity contribution is 6.38. The Balaban J connectivity index is 1.81. The third-order valence-electron chi connectivity index (χ3n) is 10.1. The van der Waals surface area contributed by atoms with E-state index >= 15 is 0 Å². The number of Topliss-reactive ketones (excluding diaryl/α,β-unsaturated/α-hetero) is 1. The van der Waals surface area contributed by atoms with E-state index in [1.54, 1.807) is 32.7 Å². The number of carbonyl (C=O) groups is 6. The molecular weight excluding hydrogens is 652 g/mol. The van der Waals surface area contributed by atoms with Crippen molar-refractivity contribution in [3.8, 4) is 0 Å². The molecule has 6 amide bonds. The standard InChI is InChI=1S/C38H64N6O7/c1-14-17-39-31(47)28(45)25(18-22-15-16-22)41-30(46)27-26-24(38(26,11)12)21-44(27)32(48)29(36(5,6)7)42-33(49)40-23(19-35(2,3)4)20-43(13)34(50)51-37(8,9)10/h14,22-27,29H,1,15-21H2,2-13H3,(H,39,47)(H,41,46)(H2,40,42,49)/t23-,24-,25?,26-,27-,29+/m0/s1. The number of ether oxygens (including phenoxy) is 1. The number of piperidine rings is 1. The maximum absolute atomic E-state index is 14.5. The van der Waals surface area contributed by atoms with Gasteiger partial charge in [0.15, 0.2) is 0 Å². The van der Waals surface area contributed by atoms with Gasteiger partial charge in [-0.3, -0.25) is 19.2 Å². The molecule has 1 aliphatic heterocycles. The smallest absolute Gasteiger partial charge is 0.410 e. The molecule has 0 aromatic carbocycles. The first kappa shape index (κ1) is 41.8. The molecule has 3 rings (SSSR count). The Hall–Kier alpha value is -3.64. The molecule has 1 heterocycles. The molecule has 6 atom stereocenters. The summed E-state index contributed by atoms with van der Waals surface area (Å²) in [4.78, 5) is 83.7. The number of nitrogens with one attached hydrogen (secondary N) is 4. The maximum atomic E-state index is 14.5. The van der Waals surface area contributed by atoms with Crippen LogP contribution in [0, 0.1) is 34.0 Å². The van der Waals surface area contributed by atoms with Crippen LogP contribution in [0.1, 0.15) is 102 Å². The zero-order valence-corrected chi connectivity index (χ0v) is 33.0. The van der Waals surface area contributed by atoms with Crippen molar-refractivity contribution < 1.29 is 33.5 Å². The molecule has 0 aromatic rings. The first-order chi connectivity index (χ1) is 23.3. The molecule has 13 nitrogen and oxygen atoms in total. The summed E-state index contributed by atoms with van der Waals surface area (Å²) in [6, 6.07) is -3.90. The summed E-state index contributed by atoms with van der Waals surface area (Å²) in [6.45, 7) is 25.4. The molecule has 3 aliphatic rings. The van der Waals surface area contributed by atoms with Crippen LogP contribution in [0.3, 0.4) is 0 Å². The van der Waals surface area contributed by atoms with Gasteiger partial charge in [0.05, 0.1) is 6.04 Å². The van der Waals surface area contributed by atoms with E-state index in [-0.39, 0.29) is 41.7 Å². The van der Waals surface area contributed by atoms with Crippen LogP contribution in [0.4, 0.5) is 9.59 Å². The molecule has 0 bridgehead atoms. The normalized spacial score (nSPS) is 22.7. The number of hydrogen-bond donors (Lipinski definition) is 4. The topological polar surface area (TPSA) is 166 Å². The number of likely N-dealkylation sites (N-methyl/N-ethyl adjacent to an activating group) is 1. The zero-order valence-electron chi connectivity index (χ0n) is 33.0. The van der Waals surface area contributed by atoms with Gasteiger partial charge in [0.1, 0.15) is 17.7 Å². The van der Waals surface area contributed by atoms with Crippen LogP contribution in [0.5, 0.6) is 0 Å². The molecular formula is C38H64N6O7. The summed E-state index contributed by atoms with van der Waals surface area (Å²) >= 11 is 0. The molecule has 3 fully saturated rings. The molecule has 0 spiro atoms. The number of urea groups is 1. The minimum absolute atomic E-state index is 0.0691. The lowest BCUT2D eigenvalue weighted by atomic mass is 9.85. The van der Waals surface area contributed by atoms with E-state index < -0.39 is 70.8 Å². The number of likely N-dealkylation sites (tertiary alicyclic amines) is 1. The fourth-order valence-electron chi connectivity index (χ4n) is 7.22. The Morgan fingerprint density at radius 3 is 2.08 bits per heavy atom. The Morgan fingerprint density at radius 1 is 0.961 bits per heavy atom. The Kier molecular flexibility index (Phi) is 12.7. The maximum Gasteiger partial charge on any atom is 0.410 e. The van der Waals surface area contributed by atoms with Crippen LogP contribution < -0.4 is 21.3 Å². The fourth-order valence-corrected chi connectivity index (χ4v) is 7.22. The number of hydrogen-bond acceptors (Lipinski definition) is 7. The van der Waals surface area contributed by atoms with E-state index in [1.807, 2.05) is 41.5 Å². The summed E-state index contributed by atoms with van der Waals surface area (Å²) in [5, 5.41) is 11.3. The van der Waals surface area contributed by atoms with Gasteiger partial charge < -0.3 is 35.8 Å². The van der Waals surface area contributed by atoms with E-state index in [0.29, 0.717) is 19.4 Å². The van der Waals surface area contributed by atoms with Crippen LogP contribution in [0.25, 0.3) is 0 Å². The summed E-state index contributed by atoms with van der Waals surface area (Å²) in [5.74, 6) is -2.18. The number of carbonyl (C=O) groups excluding carboxylic acids is 6. The van der Waals surface area contributed by atoms with Crippen LogP contribution in [0.15, 0.2) is 12.7 Å². The van der Waals surface area contributed by atoms with Crippen LogP contribution >= 0.6 is 0 Å². The highest BCUT2D eigenvalue weighted by atomic mass is 16.6. The highest BCUT2D eigenvalue weighted by Crippen LogP contribution is 2.65. The number of fused-ring (bicyclic) bond motifs is 1. The van der Waals surface area contributed by atoms with Crippen LogP contribution in [-0.4, -0.2) is 102 Å². The Morgan fingerprint density at radius 2 is 1.57 bits per heavy atom. The second-order valence-electron chi connectivity index (χ2n) is 18.7. The molecule has 4 N–H and O–H groups in total. The predicted molar refractivity (Wildman–Crippen MR) is 195 cm³/mol. The molecule has 1 unspecified atom stereocenters. The van der Waals surface area contributed by atoms with Crippen molar-refractivity contribution in [2.75, 3.05) is 26.7 Å². The van der Waals surface area contributed by atoms with Crippen molar-refractivity contribution >= 4 is 35.6 Å². The number of rotatable bonds is 14. The van der Waals surface area contributed by atoms with Crippen molar-refractivity contribution in [3.63, 3.8) is 0 Å². The lowest BCUT2D eigenvalue weighted by Crippen LogP contribution is -2.62. The van der Waals surface area contributed by atoms with E-state index in [2.05, 4.69) is 41.7 Å². The van der Waals surface area contributed by atoms with Gasteiger partial charge >= 0.3 is 12.1 Å². The van der Waals surface area contributed by atoms with Gasteiger partial charge in [-0.25, -0.2) is 9.59 Å². The predicted octanol–water partition coefficient (Wildman–Crippen LogP) is 4.01. The summed E-state index contributed by atoms with van der Waals surface area (Å²) in [7, 11) is 1.62. The van der Waals surface area contributed by atoms with Gasteiger partial charge in [-0.15, -0.1) is 6.58 Å². The number of amides is 6. The monoisotopic (exact) mass is 716 g/mol. The van der Waals surface area contributed by atoms with E-state index in [9.17, 15) is 28.8 Å². The largest absolute Gasteiger partial charge is 0.444 e. The lowest BCUT2D eigenvalue weighted by Gasteiger charge is -2.38. The Labute approximate surface area is 304 Å². The average Bonchev–Trinajstić information content (AvgIpc) is 3.82. The molecule has 2 saturated carbocycles. The lowest BCUT2D eigenvalue weighted by molar-refractivity contribution is -0.145. The molecule has 0 radical (unpaired) electrons. The average molecular weight is 717 g/mol. The van der Waals surface area contributed by atoms with Crippen LogP contribution in [-0.2, 0) is 23.9 Å². The van der Waals surface area contributed by atoms with E-state index in [0.717, 1.165) is 12.8 Å². The van der Waals surface area contributed by atoms with Gasteiger partial charge in [-0.2, -0.15) is 0 Å². The van der Waals surface area contributed by atoms with E-state index in [1.165, 1.54) is 11.0 Å². The quantitative estimate of drug-likeness (QED) is 0.156. The molecule has 2 aliphatic carbocycles. The fraction of sp³-hybridized carbons (Fsp3) is 0.789.